The number of thiocarbonyl (C=S) groups is 1. The summed E-state index contributed by atoms with van der Waals surface area (Å²) in [5, 5.41) is 2.87. The SMILES string of the molecule is COC(=S)c1cc(-c2nc(-c3cc(F)cc(C(F)(F)F)c3)c[s+]2C)c(C)s1. The van der Waals surface area contributed by atoms with E-state index >= 15 is 0 Å². The molecule has 2 heterocycles. The van der Waals surface area contributed by atoms with E-state index in [1.54, 1.807) is 5.38 Å². The lowest BCUT2D eigenvalue weighted by atomic mass is 10.1. The van der Waals surface area contributed by atoms with Crippen LogP contribution in [0.4, 0.5) is 17.6 Å². The van der Waals surface area contributed by atoms with Crippen LogP contribution in [0.2, 0.25) is 0 Å². The van der Waals surface area contributed by atoms with Crippen LogP contribution in [0.1, 0.15) is 15.3 Å². The molecule has 3 rings (SSSR count). The van der Waals surface area contributed by atoms with Crippen molar-refractivity contribution in [1.82, 2.24) is 4.98 Å². The van der Waals surface area contributed by atoms with Crippen molar-refractivity contribution in [2.75, 3.05) is 7.11 Å². The summed E-state index contributed by atoms with van der Waals surface area (Å²) in [4.78, 5) is 6.28. The largest absolute Gasteiger partial charge is 0.486 e. The van der Waals surface area contributed by atoms with E-state index in [1.807, 2.05) is 19.2 Å². The van der Waals surface area contributed by atoms with E-state index in [-0.39, 0.29) is 5.56 Å². The average Bonchev–Trinajstić information content (AvgIpc) is 3.15. The maximum atomic E-state index is 13.7. The first-order chi connectivity index (χ1) is 12.6. The van der Waals surface area contributed by atoms with Crippen LogP contribution < -0.4 is 0 Å². The van der Waals surface area contributed by atoms with Crippen LogP contribution in [-0.4, -0.2) is 17.1 Å². The van der Waals surface area contributed by atoms with Gasteiger partial charge in [0.25, 0.3) is 5.01 Å². The monoisotopic (exact) mass is 432 g/mol. The third-order valence-electron chi connectivity index (χ3n) is 3.87. The van der Waals surface area contributed by atoms with Crippen LogP contribution >= 0.6 is 34.0 Å². The summed E-state index contributed by atoms with van der Waals surface area (Å²) in [7, 11) is 1.06. The molecule has 0 fully saturated rings. The minimum atomic E-state index is -4.62. The fourth-order valence-electron chi connectivity index (χ4n) is 2.59. The summed E-state index contributed by atoms with van der Waals surface area (Å²) >= 11 is 6.62. The average molecular weight is 433 g/mol. The predicted molar refractivity (Wildman–Crippen MR) is 105 cm³/mol. The third-order valence-corrected chi connectivity index (χ3v) is 6.93. The van der Waals surface area contributed by atoms with Gasteiger partial charge in [0.2, 0.25) is 5.05 Å². The van der Waals surface area contributed by atoms with Gasteiger partial charge >= 0.3 is 6.18 Å². The molecule has 0 aliphatic carbocycles. The van der Waals surface area contributed by atoms with Gasteiger partial charge in [0.1, 0.15) is 17.8 Å². The Balaban J connectivity index is 2.07. The molecule has 1 atom stereocenters. The molecule has 0 saturated carbocycles. The molecule has 0 amide bonds. The lowest BCUT2D eigenvalue weighted by molar-refractivity contribution is -0.137. The quantitative estimate of drug-likeness (QED) is 0.266. The first kappa shape index (κ1) is 19.9. The normalized spacial score (nSPS) is 12.3. The molecule has 27 heavy (non-hydrogen) atoms. The second-order valence-electron chi connectivity index (χ2n) is 5.78. The van der Waals surface area contributed by atoms with Crippen LogP contribution in [0.5, 0.6) is 0 Å². The Bertz CT molecular complexity index is 1020. The van der Waals surface area contributed by atoms with E-state index in [0.29, 0.717) is 16.8 Å². The Morgan fingerprint density at radius 3 is 2.56 bits per heavy atom. The Kier molecular flexibility index (Phi) is 5.38. The van der Waals surface area contributed by atoms with Gasteiger partial charge in [0, 0.05) is 20.9 Å². The number of aromatic nitrogens is 1. The number of hydrogen-bond donors (Lipinski definition) is 0. The molecule has 1 unspecified atom stereocenters. The Hall–Kier alpha value is -1.84. The highest BCUT2D eigenvalue weighted by Crippen LogP contribution is 2.41. The first-order valence-electron chi connectivity index (χ1n) is 7.62. The molecule has 2 aromatic heterocycles. The Labute approximate surface area is 165 Å². The first-order valence-corrected chi connectivity index (χ1v) is 10.5. The number of methoxy groups -OCH3 is 1. The number of rotatable bonds is 3. The molecule has 0 aliphatic rings. The Morgan fingerprint density at radius 1 is 1.22 bits per heavy atom. The van der Waals surface area contributed by atoms with Crippen LogP contribution in [-0.2, 0) is 17.2 Å². The lowest BCUT2D eigenvalue weighted by Gasteiger charge is -2.07. The zero-order valence-electron chi connectivity index (χ0n) is 14.5. The molecule has 0 spiro atoms. The molecular weight excluding hydrogens is 418 g/mol. The zero-order valence-corrected chi connectivity index (χ0v) is 16.9. The van der Waals surface area contributed by atoms with E-state index in [9.17, 15) is 17.6 Å². The minimum Gasteiger partial charge on any atom is -0.486 e. The zero-order chi connectivity index (χ0) is 19.9. The molecule has 1 aromatic carbocycles. The number of hydrogen-bond acceptors (Lipinski definition) is 4. The van der Waals surface area contributed by atoms with Crippen molar-refractivity contribution in [3.05, 3.63) is 50.8 Å². The second kappa shape index (κ2) is 7.29. The van der Waals surface area contributed by atoms with Crippen molar-refractivity contribution in [3.8, 4) is 21.8 Å². The summed E-state index contributed by atoms with van der Waals surface area (Å²) in [5.74, 6) is -0.945. The van der Waals surface area contributed by atoms with Crippen molar-refractivity contribution in [3.63, 3.8) is 0 Å². The highest BCUT2D eigenvalue weighted by atomic mass is 32.2. The molecule has 0 saturated heterocycles. The summed E-state index contributed by atoms with van der Waals surface area (Å²) in [5.41, 5.74) is 0.288. The Morgan fingerprint density at radius 2 is 1.93 bits per heavy atom. The molecule has 142 valence electrons. The van der Waals surface area contributed by atoms with Crippen molar-refractivity contribution in [1.29, 1.82) is 0 Å². The number of benzene rings is 1. The summed E-state index contributed by atoms with van der Waals surface area (Å²) in [6.07, 6.45) is -2.70. The van der Waals surface area contributed by atoms with E-state index < -0.39 is 28.0 Å². The maximum absolute atomic E-state index is 13.7. The van der Waals surface area contributed by atoms with Gasteiger partial charge in [-0.1, -0.05) is 0 Å². The number of thiophene rings is 1. The molecule has 9 heteroatoms. The van der Waals surface area contributed by atoms with Gasteiger partial charge in [0.05, 0.1) is 23.1 Å². The second-order valence-corrected chi connectivity index (χ2v) is 9.14. The number of ether oxygens (including phenoxy) is 1. The predicted octanol–water partition coefficient (Wildman–Crippen LogP) is 6.55. The molecule has 0 radical (unpaired) electrons. The standard InChI is InChI=1S/C18H14F4NOS3/c1-9-13(7-15(26-9)17(25)24-2)16-23-14(8-27(16)3)10-4-11(18(20,21)22)6-12(19)5-10/h4-8H,1-3H3/q+1. The van der Waals surface area contributed by atoms with Crippen molar-refractivity contribution >= 4 is 39.1 Å². The highest BCUT2D eigenvalue weighted by molar-refractivity contribution is 7.80. The van der Waals surface area contributed by atoms with Crippen molar-refractivity contribution in [2.24, 2.45) is 6.26 Å². The number of alkyl halides is 3. The molecular formula is C18H14F4NOS3+. The van der Waals surface area contributed by atoms with Gasteiger partial charge in [-0.05, 0) is 43.4 Å². The van der Waals surface area contributed by atoms with Gasteiger partial charge in [-0.15, -0.1) is 11.3 Å². The minimum absolute atomic E-state index is 0.109. The number of halogens is 4. The van der Waals surface area contributed by atoms with Crippen molar-refractivity contribution < 1.29 is 22.3 Å². The topological polar surface area (TPSA) is 22.1 Å². The van der Waals surface area contributed by atoms with Crippen LogP contribution in [0.15, 0.2) is 29.6 Å². The van der Waals surface area contributed by atoms with Gasteiger partial charge in [-0.3, -0.25) is 0 Å². The number of thiazole rings is 1. The van der Waals surface area contributed by atoms with E-state index in [4.69, 9.17) is 17.0 Å². The van der Waals surface area contributed by atoms with Gasteiger partial charge in [-0.25, -0.2) is 4.39 Å². The molecule has 2 nitrogen and oxygen atoms in total. The summed E-state index contributed by atoms with van der Waals surface area (Å²) in [6, 6.07) is 4.34. The van der Waals surface area contributed by atoms with Gasteiger partial charge in [-0.2, -0.15) is 18.2 Å². The lowest BCUT2D eigenvalue weighted by Crippen LogP contribution is -2.05. The maximum Gasteiger partial charge on any atom is 0.416 e. The van der Waals surface area contributed by atoms with E-state index in [0.717, 1.165) is 32.5 Å². The van der Waals surface area contributed by atoms with Crippen LogP contribution in [0.25, 0.3) is 21.8 Å². The number of aryl methyl sites for hydroxylation is 2. The molecule has 0 bridgehead atoms. The summed E-state index contributed by atoms with van der Waals surface area (Å²) < 4.78 is 57.7. The highest BCUT2D eigenvalue weighted by Gasteiger charge is 2.32. The van der Waals surface area contributed by atoms with Crippen molar-refractivity contribution in [2.45, 2.75) is 13.1 Å². The van der Waals surface area contributed by atoms with Gasteiger partial charge < -0.3 is 4.74 Å². The van der Waals surface area contributed by atoms with E-state index in [1.165, 1.54) is 18.4 Å². The smallest absolute Gasteiger partial charge is 0.416 e. The summed E-state index contributed by atoms with van der Waals surface area (Å²) in [6.45, 7) is 1.92. The van der Waals surface area contributed by atoms with Crippen LogP contribution in [0.3, 0.4) is 0 Å². The molecule has 0 aliphatic heterocycles. The number of nitrogens with zero attached hydrogens (tertiary/aromatic N) is 1. The molecule has 3 aromatic rings. The van der Waals surface area contributed by atoms with Gasteiger partial charge in [0.15, 0.2) is 5.38 Å². The fraction of sp³-hybridized carbons (Fsp3) is 0.222. The van der Waals surface area contributed by atoms with Crippen LogP contribution in [0, 0.1) is 12.7 Å². The molecule has 0 N–H and O–H groups in total. The third kappa shape index (κ3) is 4.04. The van der Waals surface area contributed by atoms with E-state index in [2.05, 4.69) is 4.98 Å². The fourth-order valence-corrected chi connectivity index (χ4v) is 5.22.